The van der Waals surface area contributed by atoms with Gasteiger partial charge in [-0.3, -0.25) is 4.79 Å². The quantitative estimate of drug-likeness (QED) is 0.826. The van der Waals surface area contributed by atoms with Crippen LogP contribution in [-0.2, 0) is 6.54 Å². The fraction of sp³-hybridized carbons (Fsp3) is 0.182. The van der Waals surface area contributed by atoms with Crippen LogP contribution >= 0.6 is 0 Å². The van der Waals surface area contributed by atoms with Crippen LogP contribution in [0.4, 0.5) is 0 Å². The zero-order valence-corrected chi connectivity index (χ0v) is 9.17. The van der Waals surface area contributed by atoms with Crippen molar-refractivity contribution in [1.29, 1.82) is 0 Å². The maximum atomic E-state index is 11.7. The topological polar surface area (TPSA) is 88.2 Å². The summed E-state index contributed by atoms with van der Waals surface area (Å²) in [7, 11) is 0. The molecular weight excluding hydrogens is 222 g/mol. The number of nitrogens with one attached hydrogen (secondary N) is 1. The third-order valence-electron chi connectivity index (χ3n) is 2.11. The summed E-state index contributed by atoms with van der Waals surface area (Å²) >= 11 is 0. The summed E-state index contributed by atoms with van der Waals surface area (Å²) in [6, 6.07) is 4.67. The molecule has 6 heteroatoms. The van der Waals surface area contributed by atoms with Gasteiger partial charge in [0.15, 0.2) is 5.69 Å². The highest BCUT2D eigenvalue weighted by Gasteiger charge is 2.12. The van der Waals surface area contributed by atoms with Crippen molar-refractivity contribution in [2.24, 2.45) is 0 Å². The van der Waals surface area contributed by atoms with Crippen molar-refractivity contribution in [2.45, 2.75) is 13.5 Å². The van der Waals surface area contributed by atoms with Gasteiger partial charge in [0.1, 0.15) is 17.2 Å². The first-order valence-electron chi connectivity index (χ1n) is 5.01. The van der Waals surface area contributed by atoms with E-state index in [9.17, 15) is 9.90 Å². The molecule has 88 valence electrons. The summed E-state index contributed by atoms with van der Waals surface area (Å²) in [5, 5.41) is 15.7. The lowest BCUT2D eigenvalue weighted by molar-refractivity contribution is 0.0942. The maximum Gasteiger partial charge on any atom is 0.274 e. The minimum atomic E-state index is -0.455. The molecule has 0 saturated carbocycles. The fourth-order valence-corrected chi connectivity index (χ4v) is 1.33. The molecule has 0 aliphatic rings. The van der Waals surface area contributed by atoms with E-state index in [2.05, 4.69) is 15.5 Å². The van der Waals surface area contributed by atoms with Crippen LogP contribution < -0.4 is 5.32 Å². The lowest BCUT2D eigenvalue weighted by atomic mass is 10.3. The second-order valence-corrected chi connectivity index (χ2v) is 3.48. The molecule has 0 aliphatic carbocycles. The molecule has 6 nitrogen and oxygen atoms in total. The van der Waals surface area contributed by atoms with Gasteiger partial charge in [0.25, 0.3) is 5.91 Å². The molecule has 17 heavy (non-hydrogen) atoms. The first-order valence-corrected chi connectivity index (χ1v) is 5.01. The Morgan fingerprint density at radius 2 is 2.41 bits per heavy atom. The highest BCUT2D eigenvalue weighted by molar-refractivity contribution is 5.94. The molecule has 0 spiro atoms. The molecule has 0 aliphatic heterocycles. The predicted octanol–water partition coefficient (Wildman–Crippen LogP) is 1.01. The van der Waals surface area contributed by atoms with E-state index in [-0.39, 0.29) is 18.0 Å². The first kappa shape index (κ1) is 11.1. The standard InChI is InChI=1S/C11H11N3O3/c1-7-5-8(14-17-7)6-13-11(16)10-9(15)3-2-4-12-10/h2-5,15H,6H2,1H3,(H,13,16). The van der Waals surface area contributed by atoms with Gasteiger partial charge in [0.05, 0.1) is 6.54 Å². The predicted molar refractivity (Wildman–Crippen MR) is 58.3 cm³/mol. The zero-order valence-electron chi connectivity index (χ0n) is 9.17. The van der Waals surface area contributed by atoms with Crippen molar-refractivity contribution < 1.29 is 14.4 Å². The van der Waals surface area contributed by atoms with Crippen LogP contribution in [0.15, 0.2) is 28.9 Å². The van der Waals surface area contributed by atoms with Gasteiger partial charge in [-0.1, -0.05) is 5.16 Å². The Bertz CT molecular complexity index is 536. The van der Waals surface area contributed by atoms with E-state index in [1.165, 1.54) is 12.3 Å². The van der Waals surface area contributed by atoms with E-state index in [4.69, 9.17) is 4.52 Å². The number of rotatable bonds is 3. The molecule has 0 fully saturated rings. The normalized spacial score (nSPS) is 10.2. The van der Waals surface area contributed by atoms with Crippen molar-refractivity contribution in [3.05, 3.63) is 41.5 Å². The minimum Gasteiger partial charge on any atom is -0.505 e. The number of aromatic nitrogens is 2. The molecule has 2 aromatic rings. The zero-order chi connectivity index (χ0) is 12.3. The molecule has 0 bridgehead atoms. The summed E-state index contributed by atoms with van der Waals surface area (Å²) < 4.78 is 4.86. The summed E-state index contributed by atoms with van der Waals surface area (Å²) in [5.41, 5.74) is 0.610. The summed E-state index contributed by atoms with van der Waals surface area (Å²) in [6.07, 6.45) is 1.44. The molecule has 0 radical (unpaired) electrons. The number of amides is 1. The van der Waals surface area contributed by atoms with Crippen LogP contribution in [0, 0.1) is 6.92 Å². The van der Waals surface area contributed by atoms with E-state index in [0.29, 0.717) is 11.5 Å². The molecule has 0 atom stereocenters. The van der Waals surface area contributed by atoms with E-state index in [1.54, 1.807) is 19.1 Å². The Kier molecular flexibility index (Phi) is 3.04. The van der Waals surface area contributed by atoms with Crippen LogP contribution in [0.25, 0.3) is 0 Å². The lowest BCUT2D eigenvalue weighted by Crippen LogP contribution is -2.23. The van der Waals surface area contributed by atoms with Gasteiger partial charge in [0, 0.05) is 12.3 Å². The molecule has 0 aromatic carbocycles. The molecule has 2 rings (SSSR count). The van der Waals surface area contributed by atoms with Crippen molar-refractivity contribution in [1.82, 2.24) is 15.5 Å². The average Bonchev–Trinajstić information content (AvgIpc) is 2.73. The molecule has 0 unspecified atom stereocenters. The van der Waals surface area contributed by atoms with Crippen molar-refractivity contribution in [3.63, 3.8) is 0 Å². The third kappa shape index (κ3) is 2.60. The number of carbonyl (C=O) groups excluding carboxylic acids is 1. The van der Waals surface area contributed by atoms with Crippen molar-refractivity contribution >= 4 is 5.91 Å². The highest BCUT2D eigenvalue weighted by Crippen LogP contribution is 2.12. The van der Waals surface area contributed by atoms with Gasteiger partial charge in [-0.25, -0.2) is 4.98 Å². The van der Waals surface area contributed by atoms with Crippen molar-refractivity contribution in [2.75, 3.05) is 0 Å². The summed E-state index contributed by atoms with van der Waals surface area (Å²) in [5.74, 6) is 0.0695. The summed E-state index contributed by atoms with van der Waals surface area (Å²) in [4.78, 5) is 15.4. The number of nitrogens with zero attached hydrogens (tertiary/aromatic N) is 2. The van der Waals surface area contributed by atoms with E-state index < -0.39 is 5.91 Å². The fourth-order valence-electron chi connectivity index (χ4n) is 1.33. The Morgan fingerprint density at radius 3 is 3.06 bits per heavy atom. The highest BCUT2D eigenvalue weighted by atomic mass is 16.5. The Morgan fingerprint density at radius 1 is 1.59 bits per heavy atom. The Hall–Kier alpha value is -2.37. The third-order valence-corrected chi connectivity index (χ3v) is 2.11. The van der Waals surface area contributed by atoms with Gasteiger partial charge in [-0.05, 0) is 19.1 Å². The Balaban J connectivity index is 2.01. The summed E-state index contributed by atoms with van der Waals surface area (Å²) in [6.45, 7) is 2.00. The second kappa shape index (κ2) is 4.65. The smallest absolute Gasteiger partial charge is 0.274 e. The van der Waals surface area contributed by atoms with Crippen LogP contribution in [-0.4, -0.2) is 21.2 Å². The Labute approximate surface area is 97.3 Å². The van der Waals surface area contributed by atoms with E-state index >= 15 is 0 Å². The first-order chi connectivity index (χ1) is 8.16. The number of aromatic hydroxyl groups is 1. The van der Waals surface area contributed by atoms with Gasteiger partial charge >= 0.3 is 0 Å². The average molecular weight is 233 g/mol. The number of pyridine rings is 1. The number of hydrogen-bond donors (Lipinski definition) is 2. The number of aryl methyl sites for hydroxylation is 1. The molecular formula is C11H11N3O3. The monoisotopic (exact) mass is 233 g/mol. The van der Waals surface area contributed by atoms with Crippen LogP contribution in [0.5, 0.6) is 5.75 Å². The minimum absolute atomic E-state index is 0.00674. The molecule has 0 saturated heterocycles. The molecule has 1 amide bonds. The van der Waals surface area contributed by atoms with E-state index in [1.807, 2.05) is 0 Å². The molecule has 2 heterocycles. The van der Waals surface area contributed by atoms with Gasteiger partial charge in [-0.15, -0.1) is 0 Å². The number of carbonyl (C=O) groups is 1. The van der Waals surface area contributed by atoms with Gasteiger partial charge in [-0.2, -0.15) is 0 Å². The molecule has 2 N–H and O–H groups in total. The van der Waals surface area contributed by atoms with Crippen LogP contribution in [0.3, 0.4) is 0 Å². The van der Waals surface area contributed by atoms with Crippen molar-refractivity contribution in [3.8, 4) is 5.75 Å². The second-order valence-electron chi connectivity index (χ2n) is 3.48. The van der Waals surface area contributed by atoms with Gasteiger partial charge in [0.2, 0.25) is 0 Å². The maximum absolute atomic E-state index is 11.7. The van der Waals surface area contributed by atoms with Crippen LogP contribution in [0.1, 0.15) is 21.9 Å². The SMILES string of the molecule is Cc1cc(CNC(=O)c2ncccc2O)no1. The lowest BCUT2D eigenvalue weighted by Gasteiger charge is -2.03. The largest absolute Gasteiger partial charge is 0.505 e. The molecule has 2 aromatic heterocycles. The van der Waals surface area contributed by atoms with Crippen LogP contribution in [0.2, 0.25) is 0 Å². The van der Waals surface area contributed by atoms with Gasteiger partial charge < -0.3 is 14.9 Å². The van der Waals surface area contributed by atoms with E-state index in [0.717, 1.165) is 0 Å². The number of hydrogen-bond acceptors (Lipinski definition) is 5.